The molecule has 1 unspecified atom stereocenters. The standard InChI is InChI=1S/C31H34Cl2N6O/c32-25-12-9-24(10-13-25)20-35-31(40)27(18-22-5-2-1-3-6-22)36-29-19-30(39-16-15-34-21-39)38-28(37-29)14-11-23-7-4-8-26(33)17-23/h4,7-10,12-13,15-17,19,21-22,27H,1-3,5-6,11,14,18,20H2,(H,35,40)(H,36,37,38). The number of benzene rings is 2. The van der Waals surface area contributed by atoms with Crippen molar-refractivity contribution in [3.8, 4) is 5.82 Å². The molecule has 40 heavy (non-hydrogen) atoms. The maximum atomic E-state index is 13.5. The molecule has 2 heterocycles. The van der Waals surface area contributed by atoms with Gasteiger partial charge in [-0.15, -0.1) is 0 Å². The molecular formula is C31H34Cl2N6O. The van der Waals surface area contributed by atoms with Crippen molar-refractivity contribution < 1.29 is 4.79 Å². The highest BCUT2D eigenvalue weighted by molar-refractivity contribution is 6.30. The van der Waals surface area contributed by atoms with Crippen LogP contribution in [0.5, 0.6) is 0 Å². The Morgan fingerprint density at radius 1 is 0.950 bits per heavy atom. The summed E-state index contributed by atoms with van der Waals surface area (Å²) in [6, 6.07) is 16.8. The van der Waals surface area contributed by atoms with Crippen molar-refractivity contribution in [2.75, 3.05) is 5.32 Å². The summed E-state index contributed by atoms with van der Waals surface area (Å²) >= 11 is 12.2. The fourth-order valence-electron chi connectivity index (χ4n) is 5.23. The monoisotopic (exact) mass is 576 g/mol. The number of hydrogen-bond donors (Lipinski definition) is 2. The summed E-state index contributed by atoms with van der Waals surface area (Å²) in [5.74, 6) is 2.48. The predicted molar refractivity (Wildman–Crippen MR) is 160 cm³/mol. The van der Waals surface area contributed by atoms with Gasteiger partial charge in [0.05, 0.1) is 0 Å². The van der Waals surface area contributed by atoms with E-state index in [-0.39, 0.29) is 5.91 Å². The SMILES string of the molecule is O=C(NCc1ccc(Cl)cc1)C(CC1CCCCC1)Nc1cc(-n2ccnc2)nc(CCc2cccc(Cl)c2)n1. The zero-order chi connectivity index (χ0) is 27.7. The van der Waals surface area contributed by atoms with Gasteiger partial charge in [0.2, 0.25) is 5.91 Å². The average Bonchev–Trinajstić information content (AvgIpc) is 3.51. The van der Waals surface area contributed by atoms with E-state index in [1.165, 1.54) is 19.3 Å². The summed E-state index contributed by atoms with van der Waals surface area (Å²) in [7, 11) is 0. The fraction of sp³-hybridized carbons (Fsp3) is 0.355. The van der Waals surface area contributed by atoms with Crippen LogP contribution in [-0.2, 0) is 24.2 Å². The zero-order valence-corrected chi connectivity index (χ0v) is 23.9. The average molecular weight is 578 g/mol. The minimum absolute atomic E-state index is 0.0382. The highest BCUT2D eigenvalue weighted by Gasteiger charge is 2.25. The Hall–Kier alpha value is -3.42. The van der Waals surface area contributed by atoms with Crippen LogP contribution in [0.3, 0.4) is 0 Å². The molecule has 2 N–H and O–H groups in total. The molecule has 0 bridgehead atoms. The maximum Gasteiger partial charge on any atom is 0.242 e. The van der Waals surface area contributed by atoms with Crippen molar-refractivity contribution in [3.63, 3.8) is 0 Å². The first-order valence-corrected chi connectivity index (χ1v) is 14.7. The van der Waals surface area contributed by atoms with Crippen LogP contribution in [0.4, 0.5) is 5.82 Å². The van der Waals surface area contributed by atoms with Crippen LogP contribution in [0.15, 0.2) is 73.3 Å². The summed E-state index contributed by atoms with van der Waals surface area (Å²) in [6.07, 6.45) is 13.4. The number of carbonyl (C=O) groups is 1. The van der Waals surface area contributed by atoms with Crippen LogP contribution < -0.4 is 10.6 Å². The molecule has 1 aliphatic rings. The normalized spacial score (nSPS) is 14.6. The van der Waals surface area contributed by atoms with Crippen molar-refractivity contribution in [2.45, 2.75) is 64.0 Å². The summed E-state index contributed by atoms with van der Waals surface area (Å²) < 4.78 is 1.85. The molecule has 0 aliphatic heterocycles. The third-order valence-electron chi connectivity index (χ3n) is 7.37. The van der Waals surface area contributed by atoms with Crippen LogP contribution in [0.25, 0.3) is 5.82 Å². The Bertz CT molecular complexity index is 1390. The smallest absolute Gasteiger partial charge is 0.242 e. The number of aromatic nitrogens is 4. The van der Waals surface area contributed by atoms with Gasteiger partial charge in [-0.2, -0.15) is 0 Å². The van der Waals surface area contributed by atoms with Gasteiger partial charge in [0.1, 0.15) is 29.8 Å². The van der Waals surface area contributed by atoms with Crippen LogP contribution in [0, 0.1) is 5.92 Å². The molecule has 9 heteroatoms. The van der Waals surface area contributed by atoms with Crippen LogP contribution in [0.1, 0.15) is 55.5 Å². The Balaban J connectivity index is 1.36. The van der Waals surface area contributed by atoms with E-state index in [2.05, 4.69) is 21.7 Å². The van der Waals surface area contributed by atoms with Crippen LogP contribution >= 0.6 is 23.2 Å². The topological polar surface area (TPSA) is 84.7 Å². The van der Waals surface area contributed by atoms with E-state index in [0.717, 1.165) is 36.8 Å². The number of imidazole rings is 1. The van der Waals surface area contributed by atoms with Gasteiger partial charge in [0.25, 0.3) is 0 Å². The van der Waals surface area contributed by atoms with E-state index in [4.69, 9.17) is 33.2 Å². The molecule has 0 radical (unpaired) electrons. The number of nitrogens with zero attached hydrogens (tertiary/aromatic N) is 4. The molecule has 1 aliphatic carbocycles. The first-order chi connectivity index (χ1) is 19.5. The molecule has 5 rings (SSSR count). The van der Waals surface area contributed by atoms with E-state index in [0.29, 0.717) is 46.4 Å². The minimum Gasteiger partial charge on any atom is -0.358 e. The second-order valence-electron chi connectivity index (χ2n) is 10.4. The molecule has 0 saturated heterocycles. The van der Waals surface area contributed by atoms with Crippen molar-refractivity contribution in [2.24, 2.45) is 5.92 Å². The Kier molecular flexibility index (Phi) is 9.68. The quantitative estimate of drug-likeness (QED) is 0.204. The molecular weight excluding hydrogens is 543 g/mol. The molecule has 1 fully saturated rings. The van der Waals surface area contributed by atoms with Gasteiger partial charge in [0.15, 0.2) is 0 Å². The second-order valence-corrected chi connectivity index (χ2v) is 11.3. The van der Waals surface area contributed by atoms with Crippen molar-refractivity contribution >= 4 is 34.9 Å². The Morgan fingerprint density at radius 2 is 1.77 bits per heavy atom. The van der Waals surface area contributed by atoms with Crippen LogP contribution in [0.2, 0.25) is 10.0 Å². The molecule has 2 aromatic carbocycles. The summed E-state index contributed by atoms with van der Waals surface area (Å²) in [4.78, 5) is 27.3. The van der Waals surface area contributed by atoms with Gasteiger partial charge in [-0.1, -0.05) is 79.6 Å². The van der Waals surface area contributed by atoms with E-state index in [1.807, 2.05) is 59.3 Å². The number of rotatable bonds is 11. The number of nitrogens with one attached hydrogen (secondary N) is 2. The third kappa shape index (κ3) is 8.05. The largest absolute Gasteiger partial charge is 0.358 e. The first-order valence-electron chi connectivity index (χ1n) is 13.9. The number of anilines is 1. The molecule has 1 atom stereocenters. The lowest BCUT2D eigenvalue weighted by Gasteiger charge is -2.27. The highest BCUT2D eigenvalue weighted by atomic mass is 35.5. The number of halogens is 2. The first kappa shape index (κ1) is 28.1. The van der Waals surface area contributed by atoms with Crippen molar-refractivity contribution in [1.82, 2.24) is 24.8 Å². The van der Waals surface area contributed by atoms with E-state index in [1.54, 1.807) is 12.5 Å². The van der Waals surface area contributed by atoms with Gasteiger partial charge < -0.3 is 10.6 Å². The summed E-state index contributed by atoms with van der Waals surface area (Å²) in [5.41, 5.74) is 2.12. The summed E-state index contributed by atoms with van der Waals surface area (Å²) in [6.45, 7) is 0.438. The van der Waals surface area contributed by atoms with Gasteiger partial charge >= 0.3 is 0 Å². The molecule has 1 amide bonds. The molecule has 1 saturated carbocycles. The number of aryl methyl sites for hydroxylation is 2. The maximum absolute atomic E-state index is 13.5. The highest BCUT2D eigenvalue weighted by Crippen LogP contribution is 2.28. The van der Waals surface area contributed by atoms with Gasteiger partial charge in [-0.25, -0.2) is 15.0 Å². The number of hydrogen-bond acceptors (Lipinski definition) is 5. The molecule has 0 spiro atoms. The molecule has 2 aromatic heterocycles. The van der Waals surface area contributed by atoms with E-state index in [9.17, 15) is 4.79 Å². The lowest BCUT2D eigenvalue weighted by molar-refractivity contribution is -0.122. The molecule has 7 nitrogen and oxygen atoms in total. The van der Waals surface area contributed by atoms with Crippen LogP contribution in [-0.4, -0.2) is 31.5 Å². The minimum atomic E-state index is -0.415. The second kappa shape index (κ2) is 13.8. The van der Waals surface area contributed by atoms with Crippen molar-refractivity contribution in [1.29, 1.82) is 0 Å². The molecule has 4 aromatic rings. The zero-order valence-electron chi connectivity index (χ0n) is 22.4. The Labute approximate surface area is 245 Å². The van der Waals surface area contributed by atoms with Crippen molar-refractivity contribution in [3.05, 3.63) is 100 Å². The lowest BCUT2D eigenvalue weighted by Crippen LogP contribution is -2.41. The lowest BCUT2D eigenvalue weighted by atomic mass is 9.84. The van der Waals surface area contributed by atoms with Gasteiger partial charge in [-0.05, 0) is 54.2 Å². The fourth-order valence-corrected chi connectivity index (χ4v) is 5.56. The van der Waals surface area contributed by atoms with E-state index >= 15 is 0 Å². The Morgan fingerprint density at radius 3 is 2.52 bits per heavy atom. The van der Waals surface area contributed by atoms with Gasteiger partial charge in [-0.3, -0.25) is 9.36 Å². The predicted octanol–water partition coefficient (Wildman–Crippen LogP) is 6.82. The van der Waals surface area contributed by atoms with Gasteiger partial charge in [0, 0.05) is 41.5 Å². The number of carbonyl (C=O) groups excluding carboxylic acids is 1. The number of amides is 1. The third-order valence-corrected chi connectivity index (χ3v) is 7.85. The van der Waals surface area contributed by atoms with E-state index < -0.39 is 6.04 Å². The molecule has 208 valence electrons. The summed E-state index contributed by atoms with van der Waals surface area (Å²) in [5, 5.41) is 7.99.